The second-order valence-electron chi connectivity index (χ2n) is 6.66. The molecule has 2 aromatic carbocycles. The Hall–Kier alpha value is -4.41. The molecule has 3 amide bonds. The van der Waals surface area contributed by atoms with Crippen molar-refractivity contribution in [1.82, 2.24) is 4.90 Å². The normalized spacial score (nSPS) is 18.1. The molecule has 1 heterocycles. The topological polar surface area (TPSA) is 184 Å². The molecule has 0 spiro atoms. The first kappa shape index (κ1) is 21.3. The van der Waals surface area contributed by atoms with Crippen LogP contribution in [0.2, 0.25) is 0 Å². The number of carboxylic acid groups (broad SMARTS) is 1. The molecule has 0 aromatic heterocycles. The number of carboxylic acids is 1. The summed E-state index contributed by atoms with van der Waals surface area (Å²) >= 11 is 0. The number of carbonyl (C=O) groups is 3. The van der Waals surface area contributed by atoms with Crippen molar-refractivity contribution in [2.75, 3.05) is 5.32 Å². The fourth-order valence-electron chi connectivity index (χ4n) is 3.10. The molecule has 1 aliphatic heterocycles. The number of imide groups is 1. The minimum absolute atomic E-state index is 0.161. The van der Waals surface area contributed by atoms with E-state index in [1.165, 1.54) is 0 Å². The lowest BCUT2D eigenvalue weighted by molar-refractivity contribution is -0.164. The predicted molar refractivity (Wildman–Crippen MR) is 112 cm³/mol. The van der Waals surface area contributed by atoms with E-state index >= 15 is 0 Å². The van der Waals surface area contributed by atoms with Gasteiger partial charge in [-0.2, -0.15) is 0 Å². The number of urea groups is 1. The Morgan fingerprint density at radius 1 is 1.10 bits per heavy atom. The number of aliphatic imine (C=N–C) groups is 1. The third kappa shape index (κ3) is 4.96. The summed E-state index contributed by atoms with van der Waals surface area (Å²) in [6.45, 7) is 0. The van der Waals surface area contributed by atoms with Crippen molar-refractivity contribution < 1.29 is 24.2 Å². The number of β-lactam (4-membered cyclic amide) rings is 1. The minimum atomic E-state index is -1.41. The van der Waals surface area contributed by atoms with Crippen LogP contribution in [0.5, 0.6) is 11.5 Å². The van der Waals surface area contributed by atoms with Gasteiger partial charge in [0, 0.05) is 12.1 Å². The van der Waals surface area contributed by atoms with Crippen LogP contribution in [-0.2, 0) is 9.59 Å². The molecular formula is C20H20N6O5. The zero-order valence-corrected chi connectivity index (χ0v) is 16.2. The Morgan fingerprint density at radius 2 is 1.71 bits per heavy atom. The first-order valence-electron chi connectivity index (χ1n) is 9.13. The molecule has 1 aliphatic rings. The summed E-state index contributed by atoms with van der Waals surface area (Å²) in [4.78, 5) is 40.5. The van der Waals surface area contributed by atoms with E-state index < -0.39 is 35.8 Å². The molecule has 0 bridgehead atoms. The maximum Gasteiger partial charge on any atom is 0.329 e. The summed E-state index contributed by atoms with van der Waals surface area (Å²) in [5.74, 6) is -2.69. The number of para-hydroxylation sites is 1. The van der Waals surface area contributed by atoms with Crippen molar-refractivity contribution in [2.24, 2.45) is 22.4 Å². The summed E-state index contributed by atoms with van der Waals surface area (Å²) in [6.07, 6.45) is -0.231. The number of anilines is 1. The molecule has 31 heavy (non-hydrogen) atoms. The number of aliphatic carboxylic acids is 1. The van der Waals surface area contributed by atoms with Crippen LogP contribution in [-0.4, -0.2) is 45.8 Å². The highest BCUT2D eigenvalue weighted by Gasteiger charge is 2.55. The number of nitrogens with one attached hydrogen (secondary N) is 2. The Bertz CT molecular complexity index is 1040. The number of likely N-dealkylation sites (tertiary alicyclic amines) is 1. The largest absolute Gasteiger partial charge is 0.480 e. The Labute approximate surface area is 176 Å². The number of carbonyl (C=O) groups excluding carboxylic acids is 2. The van der Waals surface area contributed by atoms with Gasteiger partial charge in [0.1, 0.15) is 17.3 Å². The summed E-state index contributed by atoms with van der Waals surface area (Å²) in [6, 6.07) is 13.2. The van der Waals surface area contributed by atoms with Crippen LogP contribution in [0.1, 0.15) is 6.42 Å². The molecular weight excluding hydrogens is 404 g/mol. The van der Waals surface area contributed by atoms with Crippen molar-refractivity contribution in [1.29, 1.82) is 5.41 Å². The summed E-state index contributed by atoms with van der Waals surface area (Å²) in [7, 11) is 0. The quantitative estimate of drug-likeness (QED) is 0.264. The molecule has 0 aliphatic carbocycles. The van der Waals surface area contributed by atoms with Crippen LogP contribution in [0.15, 0.2) is 59.6 Å². The monoisotopic (exact) mass is 424 g/mol. The van der Waals surface area contributed by atoms with Crippen LogP contribution in [0.4, 0.5) is 10.5 Å². The van der Waals surface area contributed by atoms with Gasteiger partial charge in [0.15, 0.2) is 6.04 Å². The second kappa shape index (κ2) is 8.95. The zero-order valence-electron chi connectivity index (χ0n) is 16.2. The molecule has 0 radical (unpaired) electrons. The SMILES string of the molecule is N=C(N)N=C(N)C[C@H]1C(=O)N(C(=O)Nc2ccc(Oc3ccccc3)cc2)[C@@H]1C(=O)O. The lowest BCUT2D eigenvalue weighted by atomic mass is 9.84. The van der Waals surface area contributed by atoms with Crippen LogP contribution < -0.4 is 21.5 Å². The number of amides is 3. The maximum atomic E-state index is 12.5. The van der Waals surface area contributed by atoms with Gasteiger partial charge in [-0.1, -0.05) is 18.2 Å². The summed E-state index contributed by atoms with van der Waals surface area (Å²) in [5.41, 5.74) is 11.0. The Morgan fingerprint density at radius 3 is 2.29 bits per heavy atom. The van der Waals surface area contributed by atoms with E-state index in [9.17, 15) is 19.5 Å². The van der Waals surface area contributed by atoms with Gasteiger partial charge in [-0.05, 0) is 36.4 Å². The number of hydrogen-bond donors (Lipinski definition) is 5. The van der Waals surface area contributed by atoms with E-state index in [0.717, 1.165) is 0 Å². The van der Waals surface area contributed by atoms with Crippen LogP contribution in [0, 0.1) is 11.3 Å². The smallest absolute Gasteiger partial charge is 0.329 e. The molecule has 11 heteroatoms. The van der Waals surface area contributed by atoms with Gasteiger partial charge in [0.2, 0.25) is 11.9 Å². The van der Waals surface area contributed by atoms with Gasteiger partial charge in [-0.3, -0.25) is 10.2 Å². The Kier molecular flexibility index (Phi) is 6.15. The molecule has 2 aromatic rings. The highest BCUT2D eigenvalue weighted by atomic mass is 16.5. The van der Waals surface area contributed by atoms with Gasteiger partial charge < -0.3 is 26.6 Å². The van der Waals surface area contributed by atoms with Crippen molar-refractivity contribution in [3.8, 4) is 11.5 Å². The number of ether oxygens (including phenoxy) is 1. The Balaban J connectivity index is 1.64. The molecule has 1 saturated heterocycles. The van der Waals surface area contributed by atoms with Crippen LogP contribution in [0.3, 0.4) is 0 Å². The van der Waals surface area contributed by atoms with Gasteiger partial charge in [-0.15, -0.1) is 0 Å². The highest BCUT2D eigenvalue weighted by molar-refractivity contribution is 6.12. The maximum absolute atomic E-state index is 12.5. The lowest BCUT2D eigenvalue weighted by Gasteiger charge is -2.42. The number of nitrogens with zero attached hydrogens (tertiary/aromatic N) is 2. The summed E-state index contributed by atoms with van der Waals surface area (Å²) < 4.78 is 5.66. The fraction of sp³-hybridized carbons (Fsp3) is 0.150. The molecule has 7 N–H and O–H groups in total. The third-order valence-corrected chi connectivity index (χ3v) is 4.46. The van der Waals surface area contributed by atoms with Crippen molar-refractivity contribution >= 4 is 35.4 Å². The molecule has 1 fully saturated rings. The van der Waals surface area contributed by atoms with Gasteiger partial charge in [0.25, 0.3) is 0 Å². The number of benzene rings is 2. The van der Waals surface area contributed by atoms with Gasteiger partial charge >= 0.3 is 12.0 Å². The van der Waals surface area contributed by atoms with E-state index in [1.807, 2.05) is 18.2 Å². The van der Waals surface area contributed by atoms with E-state index in [0.29, 0.717) is 22.1 Å². The lowest BCUT2D eigenvalue weighted by Crippen LogP contribution is -2.67. The van der Waals surface area contributed by atoms with Gasteiger partial charge in [-0.25, -0.2) is 19.5 Å². The van der Waals surface area contributed by atoms with E-state index in [-0.39, 0.29) is 12.3 Å². The van der Waals surface area contributed by atoms with Crippen molar-refractivity contribution in [3.63, 3.8) is 0 Å². The number of guanidine groups is 1. The van der Waals surface area contributed by atoms with Crippen molar-refractivity contribution in [2.45, 2.75) is 12.5 Å². The molecule has 160 valence electrons. The van der Waals surface area contributed by atoms with Crippen LogP contribution >= 0.6 is 0 Å². The van der Waals surface area contributed by atoms with E-state index in [1.54, 1.807) is 36.4 Å². The average Bonchev–Trinajstić information content (AvgIpc) is 2.71. The summed E-state index contributed by atoms with van der Waals surface area (Å²) in [5, 5.41) is 19.0. The zero-order chi connectivity index (χ0) is 22.5. The standard InChI is InChI=1S/C20H20N6O5/c21-15(25-19(22)23)10-14-16(18(28)29)26(17(14)27)20(30)24-11-6-8-13(9-7-11)31-12-4-2-1-3-5-12/h1-9,14,16H,10H2,(H,24,30)(H,28,29)(H5,21,22,23,25)/t14-,16+/m1/s1. The average molecular weight is 424 g/mol. The first-order valence-corrected chi connectivity index (χ1v) is 9.13. The van der Waals surface area contributed by atoms with Crippen LogP contribution in [0.25, 0.3) is 0 Å². The second-order valence-corrected chi connectivity index (χ2v) is 6.66. The molecule has 0 saturated carbocycles. The molecule has 3 rings (SSSR count). The third-order valence-electron chi connectivity index (χ3n) is 4.46. The fourth-order valence-corrected chi connectivity index (χ4v) is 3.10. The molecule has 11 nitrogen and oxygen atoms in total. The minimum Gasteiger partial charge on any atom is -0.480 e. The van der Waals surface area contributed by atoms with Crippen molar-refractivity contribution in [3.05, 3.63) is 54.6 Å². The van der Waals surface area contributed by atoms with E-state index in [4.69, 9.17) is 21.6 Å². The highest BCUT2D eigenvalue weighted by Crippen LogP contribution is 2.31. The number of hydrogen-bond acceptors (Lipinski definition) is 5. The van der Waals surface area contributed by atoms with Gasteiger partial charge in [0.05, 0.1) is 5.92 Å². The number of nitrogens with two attached hydrogens (primary N) is 2. The number of rotatable bonds is 6. The molecule has 0 unspecified atom stereocenters. The molecule has 2 atom stereocenters. The predicted octanol–water partition coefficient (Wildman–Crippen LogP) is 1.56. The first-order chi connectivity index (χ1) is 14.8. The van der Waals surface area contributed by atoms with E-state index in [2.05, 4.69) is 10.3 Å². The number of amidine groups is 1.